The highest BCUT2D eigenvalue weighted by Gasteiger charge is 2.17. The Morgan fingerprint density at radius 1 is 0.467 bits per heavy atom. The van der Waals surface area contributed by atoms with Crippen LogP contribution in [-0.4, -0.2) is 14.5 Å². The van der Waals surface area contributed by atoms with E-state index in [1.165, 1.54) is 33.0 Å². The molecule has 0 fully saturated rings. The van der Waals surface area contributed by atoms with Crippen LogP contribution < -0.4 is 0 Å². The summed E-state index contributed by atoms with van der Waals surface area (Å²) in [7, 11) is 0. The largest absolute Gasteiger partial charge is 0.292 e. The lowest BCUT2D eigenvalue weighted by Gasteiger charge is -2.20. The van der Waals surface area contributed by atoms with Crippen molar-refractivity contribution in [2.75, 3.05) is 0 Å². The lowest BCUT2D eigenvalue weighted by Crippen LogP contribution is -2.10. The number of para-hydroxylation sites is 2. The quantitative estimate of drug-likeness (QED) is 0.206. The molecule has 5 aromatic carbocycles. The molecule has 0 radical (unpaired) electrons. The Labute approximate surface area is 266 Å². The molecule has 7 aromatic rings. The molecule has 0 aliphatic rings. The average molecular weight is 586 g/mol. The minimum atomic E-state index is 0.100. The summed E-state index contributed by atoms with van der Waals surface area (Å²) in [5, 5.41) is 2.42. The molecule has 222 valence electrons. The molecule has 0 bridgehead atoms. The van der Waals surface area contributed by atoms with Crippen molar-refractivity contribution in [3.8, 4) is 39.3 Å². The molecule has 2 aromatic heterocycles. The van der Waals surface area contributed by atoms with Gasteiger partial charge in [-0.1, -0.05) is 126 Å². The molecule has 3 heteroatoms. The zero-order valence-electron chi connectivity index (χ0n) is 27.0. The van der Waals surface area contributed by atoms with E-state index in [4.69, 9.17) is 9.97 Å². The number of fused-ring (bicyclic) bond motifs is 3. The first kappa shape index (κ1) is 28.7. The highest BCUT2D eigenvalue weighted by Crippen LogP contribution is 2.36. The SMILES string of the molecule is CC(C)(C)c1ccc(-c2cc(-c3ccc(C(C)(C)C)cc3)cc(-c3cncc(-n4c5ccccc5c5ccccc54)n3)c2)cc1. The van der Waals surface area contributed by atoms with Gasteiger partial charge in [0.15, 0.2) is 5.82 Å². The van der Waals surface area contributed by atoms with E-state index in [1.807, 2.05) is 12.4 Å². The lowest BCUT2D eigenvalue weighted by atomic mass is 9.85. The Hall–Kier alpha value is -5.02. The van der Waals surface area contributed by atoms with E-state index in [2.05, 4.69) is 161 Å². The van der Waals surface area contributed by atoms with Crippen molar-refractivity contribution in [1.82, 2.24) is 14.5 Å². The van der Waals surface area contributed by atoms with Crippen LogP contribution in [0.25, 0.3) is 61.1 Å². The molecular formula is C42H39N3. The molecule has 0 N–H and O–H groups in total. The molecule has 0 unspecified atom stereocenters. The molecular weight excluding hydrogens is 546 g/mol. The van der Waals surface area contributed by atoms with Crippen molar-refractivity contribution in [3.63, 3.8) is 0 Å². The average Bonchev–Trinajstić information content (AvgIpc) is 3.38. The van der Waals surface area contributed by atoms with Crippen LogP contribution in [0.5, 0.6) is 0 Å². The van der Waals surface area contributed by atoms with Crippen molar-refractivity contribution in [3.05, 3.63) is 139 Å². The van der Waals surface area contributed by atoms with Gasteiger partial charge in [0, 0.05) is 16.3 Å². The van der Waals surface area contributed by atoms with Crippen molar-refractivity contribution >= 4 is 21.8 Å². The molecule has 2 heterocycles. The lowest BCUT2D eigenvalue weighted by molar-refractivity contribution is 0.590. The summed E-state index contributed by atoms with van der Waals surface area (Å²) in [6.07, 6.45) is 3.75. The number of hydrogen-bond donors (Lipinski definition) is 0. The van der Waals surface area contributed by atoms with E-state index in [1.54, 1.807) is 0 Å². The van der Waals surface area contributed by atoms with Crippen LogP contribution >= 0.6 is 0 Å². The molecule has 0 aliphatic heterocycles. The van der Waals surface area contributed by atoms with Crippen LogP contribution in [0.4, 0.5) is 0 Å². The summed E-state index contributed by atoms with van der Waals surface area (Å²) in [6.45, 7) is 13.5. The van der Waals surface area contributed by atoms with Gasteiger partial charge in [0.25, 0.3) is 0 Å². The second-order valence-corrected chi connectivity index (χ2v) is 14.1. The number of aromatic nitrogens is 3. The molecule has 3 nitrogen and oxygen atoms in total. The van der Waals surface area contributed by atoms with E-state index in [9.17, 15) is 0 Å². The molecule has 45 heavy (non-hydrogen) atoms. The van der Waals surface area contributed by atoms with Crippen molar-refractivity contribution in [2.45, 2.75) is 52.4 Å². The highest BCUT2D eigenvalue weighted by atomic mass is 15.1. The first-order valence-corrected chi connectivity index (χ1v) is 15.7. The number of rotatable bonds is 4. The van der Waals surface area contributed by atoms with Gasteiger partial charge in [-0.3, -0.25) is 9.55 Å². The Morgan fingerprint density at radius 3 is 1.38 bits per heavy atom. The van der Waals surface area contributed by atoms with E-state index in [0.29, 0.717) is 0 Å². The molecule has 7 rings (SSSR count). The Kier molecular flexibility index (Phi) is 6.93. The summed E-state index contributed by atoms with van der Waals surface area (Å²) in [5.41, 5.74) is 11.7. The Bertz CT molecular complexity index is 2020. The van der Waals surface area contributed by atoms with Gasteiger partial charge in [0.2, 0.25) is 0 Å². The summed E-state index contributed by atoms with van der Waals surface area (Å²) in [6, 6.07) is 41.8. The van der Waals surface area contributed by atoms with Gasteiger partial charge in [0.1, 0.15) is 0 Å². The van der Waals surface area contributed by atoms with Gasteiger partial charge in [0.05, 0.1) is 29.1 Å². The maximum absolute atomic E-state index is 5.25. The smallest absolute Gasteiger partial charge is 0.156 e. The van der Waals surface area contributed by atoms with Gasteiger partial charge in [-0.25, -0.2) is 4.98 Å². The maximum atomic E-state index is 5.25. The van der Waals surface area contributed by atoms with Crippen LogP contribution in [-0.2, 0) is 10.8 Å². The summed E-state index contributed by atoms with van der Waals surface area (Å²) >= 11 is 0. The molecule has 0 spiro atoms. The molecule has 0 atom stereocenters. The molecule has 0 saturated carbocycles. The minimum absolute atomic E-state index is 0.100. The first-order chi connectivity index (χ1) is 21.6. The van der Waals surface area contributed by atoms with Gasteiger partial charge < -0.3 is 0 Å². The summed E-state index contributed by atoms with van der Waals surface area (Å²) in [5.74, 6) is 0.806. The fourth-order valence-electron chi connectivity index (χ4n) is 6.21. The molecule has 0 saturated heterocycles. The predicted octanol–water partition coefficient (Wildman–Crippen LogP) is 11.2. The fraction of sp³-hybridized carbons (Fsp3) is 0.190. The zero-order chi connectivity index (χ0) is 31.3. The van der Waals surface area contributed by atoms with Crippen molar-refractivity contribution < 1.29 is 0 Å². The normalized spacial score (nSPS) is 12.2. The third-order valence-corrected chi connectivity index (χ3v) is 8.83. The summed E-state index contributed by atoms with van der Waals surface area (Å²) in [4.78, 5) is 9.98. The topological polar surface area (TPSA) is 30.7 Å². The van der Waals surface area contributed by atoms with E-state index in [-0.39, 0.29) is 10.8 Å². The van der Waals surface area contributed by atoms with E-state index in [0.717, 1.165) is 39.2 Å². The first-order valence-electron chi connectivity index (χ1n) is 15.7. The van der Waals surface area contributed by atoms with Crippen molar-refractivity contribution in [2.24, 2.45) is 0 Å². The van der Waals surface area contributed by atoms with Gasteiger partial charge >= 0.3 is 0 Å². The third-order valence-electron chi connectivity index (χ3n) is 8.83. The number of hydrogen-bond acceptors (Lipinski definition) is 2. The molecule has 0 amide bonds. The molecule has 0 aliphatic carbocycles. The monoisotopic (exact) mass is 585 g/mol. The fourth-order valence-corrected chi connectivity index (χ4v) is 6.21. The zero-order valence-corrected chi connectivity index (χ0v) is 27.0. The van der Waals surface area contributed by atoms with E-state index < -0.39 is 0 Å². The van der Waals surface area contributed by atoms with Crippen LogP contribution in [0.1, 0.15) is 52.7 Å². The maximum Gasteiger partial charge on any atom is 0.156 e. The van der Waals surface area contributed by atoms with Gasteiger partial charge in [-0.15, -0.1) is 0 Å². The van der Waals surface area contributed by atoms with Crippen LogP contribution in [0, 0.1) is 0 Å². The Morgan fingerprint density at radius 2 is 0.911 bits per heavy atom. The van der Waals surface area contributed by atoms with Gasteiger partial charge in [-0.05, 0) is 74.5 Å². The van der Waals surface area contributed by atoms with Crippen LogP contribution in [0.3, 0.4) is 0 Å². The predicted molar refractivity (Wildman–Crippen MR) is 190 cm³/mol. The van der Waals surface area contributed by atoms with Crippen molar-refractivity contribution in [1.29, 1.82) is 0 Å². The van der Waals surface area contributed by atoms with Crippen LogP contribution in [0.2, 0.25) is 0 Å². The summed E-state index contributed by atoms with van der Waals surface area (Å²) < 4.78 is 2.22. The van der Waals surface area contributed by atoms with Gasteiger partial charge in [-0.2, -0.15) is 0 Å². The third kappa shape index (κ3) is 5.44. The van der Waals surface area contributed by atoms with Crippen LogP contribution in [0.15, 0.2) is 128 Å². The second-order valence-electron chi connectivity index (χ2n) is 14.1. The number of benzene rings is 5. The Balaban J connectivity index is 1.39. The minimum Gasteiger partial charge on any atom is -0.292 e. The highest BCUT2D eigenvalue weighted by molar-refractivity contribution is 6.09. The standard InChI is InChI=1S/C42H39N3/c1-41(2,3)33-19-15-28(16-20-33)30-23-31(29-17-21-34(22-18-29)42(4,5)6)25-32(24-30)37-26-43-27-40(44-37)45-38-13-9-7-11-35(38)36-12-8-10-14-39(36)45/h7-27H,1-6H3. The second kappa shape index (κ2) is 10.9. The number of nitrogens with zero attached hydrogens (tertiary/aromatic N) is 3. The van der Waals surface area contributed by atoms with E-state index >= 15 is 0 Å².